The Morgan fingerprint density at radius 1 is 1.09 bits per heavy atom. The number of rotatable bonds is 6. The summed E-state index contributed by atoms with van der Waals surface area (Å²) >= 11 is 0. The van der Waals surface area contributed by atoms with Gasteiger partial charge in [-0.05, 0) is 13.1 Å². The molecule has 0 fully saturated rings. The molecule has 0 radical (unpaired) electrons. The molecule has 2 aromatic heterocycles. The number of hydrogen-bond donors (Lipinski definition) is 4. The fourth-order valence-corrected chi connectivity index (χ4v) is 3.21. The number of carboxylic acids is 1. The molecule has 0 spiro atoms. The highest BCUT2D eigenvalue weighted by Crippen LogP contribution is 2.40. The van der Waals surface area contributed by atoms with Gasteiger partial charge < -0.3 is 30.6 Å². The van der Waals surface area contributed by atoms with Crippen molar-refractivity contribution in [3.8, 4) is 22.6 Å². The van der Waals surface area contributed by atoms with Gasteiger partial charge in [0.05, 0.1) is 42.8 Å². The van der Waals surface area contributed by atoms with E-state index >= 15 is 0 Å². The molecular weight excluding hydrogens is 450 g/mol. The Morgan fingerprint density at radius 3 is 2.21 bits per heavy atom. The number of halogens is 2. The van der Waals surface area contributed by atoms with E-state index in [1.54, 1.807) is 6.20 Å². The second kappa shape index (κ2) is 10.5. The van der Waals surface area contributed by atoms with Crippen molar-refractivity contribution >= 4 is 23.0 Å². The third-order valence-corrected chi connectivity index (χ3v) is 4.71. The third kappa shape index (κ3) is 4.86. The minimum atomic E-state index is -1.22. The number of benzene rings is 2. The molecule has 178 valence electrons. The Morgan fingerprint density at radius 2 is 1.71 bits per heavy atom. The molecule has 4 aromatic rings. The van der Waals surface area contributed by atoms with Gasteiger partial charge in [-0.25, -0.2) is 18.6 Å². The Kier molecular flexibility index (Phi) is 7.53. The molecule has 10 nitrogen and oxygen atoms in total. The predicted molar refractivity (Wildman–Crippen MR) is 121 cm³/mol. The smallest absolute Gasteiger partial charge is 0.337 e. The lowest BCUT2D eigenvalue weighted by atomic mass is 9.99. The van der Waals surface area contributed by atoms with Crippen LogP contribution in [0.3, 0.4) is 0 Å². The fourth-order valence-electron chi connectivity index (χ4n) is 3.21. The van der Waals surface area contributed by atoms with E-state index in [0.717, 1.165) is 18.3 Å². The number of nitrogens with one attached hydrogen (secondary N) is 2. The van der Waals surface area contributed by atoms with Crippen molar-refractivity contribution < 1.29 is 28.2 Å². The number of imidazole rings is 1. The van der Waals surface area contributed by atoms with Crippen molar-refractivity contribution in [2.24, 2.45) is 0 Å². The van der Waals surface area contributed by atoms with Crippen LogP contribution >= 0.6 is 0 Å². The maximum atomic E-state index is 14.7. The van der Waals surface area contributed by atoms with E-state index in [2.05, 4.69) is 25.3 Å². The van der Waals surface area contributed by atoms with E-state index in [-0.39, 0.29) is 33.7 Å². The lowest BCUT2D eigenvalue weighted by molar-refractivity contribution is 0.0699. The second-order valence-electron chi connectivity index (χ2n) is 6.83. The van der Waals surface area contributed by atoms with Crippen LogP contribution in [-0.2, 0) is 6.54 Å². The van der Waals surface area contributed by atoms with Gasteiger partial charge in [0.15, 0.2) is 29.1 Å². The number of anilines is 1. The molecule has 0 aliphatic heterocycles. The topological polar surface area (TPSA) is 148 Å². The van der Waals surface area contributed by atoms with E-state index in [1.807, 2.05) is 7.05 Å². The summed E-state index contributed by atoms with van der Waals surface area (Å²) in [5.74, 6) is -3.08. The number of aromatic nitrogens is 4. The Hall–Kier alpha value is -4.32. The van der Waals surface area contributed by atoms with Crippen LogP contribution in [0.25, 0.3) is 22.2 Å². The molecule has 0 bridgehead atoms. The van der Waals surface area contributed by atoms with Crippen molar-refractivity contribution in [3.63, 3.8) is 0 Å². The number of aromatic amines is 1. The SMILES string of the molecule is CNCc1cnc(N)[nH]1.COc1cc(OC)c(F)c(-c2ccc(C(=O)O)c3nccnc23)c1F. The Bertz CT molecular complexity index is 1300. The van der Waals surface area contributed by atoms with Crippen LogP contribution in [0.15, 0.2) is 36.8 Å². The number of ether oxygens (including phenoxy) is 2. The molecule has 0 unspecified atom stereocenters. The molecule has 0 atom stereocenters. The predicted octanol–water partition coefficient (Wildman–Crippen LogP) is 3.00. The molecule has 0 amide bonds. The van der Waals surface area contributed by atoms with Crippen LogP contribution in [0.5, 0.6) is 11.5 Å². The highest BCUT2D eigenvalue weighted by Gasteiger charge is 2.24. The first-order chi connectivity index (χ1) is 16.3. The zero-order chi connectivity index (χ0) is 24.8. The van der Waals surface area contributed by atoms with Crippen LogP contribution in [0.2, 0.25) is 0 Å². The molecule has 0 saturated carbocycles. The van der Waals surface area contributed by atoms with Gasteiger partial charge in [0.2, 0.25) is 0 Å². The summed E-state index contributed by atoms with van der Waals surface area (Å²) in [6.07, 6.45) is 4.33. The summed E-state index contributed by atoms with van der Waals surface area (Å²) < 4.78 is 39.3. The van der Waals surface area contributed by atoms with Gasteiger partial charge in [-0.15, -0.1) is 0 Å². The number of fused-ring (bicyclic) bond motifs is 1. The van der Waals surface area contributed by atoms with E-state index in [0.29, 0.717) is 5.95 Å². The molecular formula is C22H22F2N6O4. The van der Waals surface area contributed by atoms with Gasteiger partial charge in [-0.3, -0.25) is 9.97 Å². The average molecular weight is 472 g/mol. The third-order valence-electron chi connectivity index (χ3n) is 4.71. The molecule has 2 heterocycles. The molecule has 0 saturated heterocycles. The van der Waals surface area contributed by atoms with Gasteiger partial charge in [0.25, 0.3) is 0 Å². The first-order valence-corrected chi connectivity index (χ1v) is 9.83. The molecule has 5 N–H and O–H groups in total. The van der Waals surface area contributed by atoms with Crippen LogP contribution in [0.1, 0.15) is 16.1 Å². The van der Waals surface area contributed by atoms with Crippen molar-refractivity contribution in [2.75, 3.05) is 27.0 Å². The fraction of sp³-hybridized carbons (Fsp3) is 0.182. The maximum absolute atomic E-state index is 14.7. The Labute approximate surface area is 192 Å². The minimum Gasteiger partial charge on any atom is -0.494 e. The normalized spacial score (nSPS) is 10.5. The number of nitrogens with zero attached hydrogens (tertiary/aromatic N) is 3. The van der Waals surface area contributed by atoms with Gasteiger partial charge in [-0.1, -0.05) is 6.07 Å². The lowest BCUT2D eigenvalue weighted by Crippen LogP contribution is -2.05. The number of nitrogen functional groups attached to an aromatic ring is 1. The summed E-state index contributed by atoms with van der Waals surface area (Å²) in [6.45, 7) is 0.782. The number of methoxy groups -OCH3 is 2. The quantitative estimate of drug-likeness (QED) is 0.332. The zero-order valence-electron chi connectivity index (χ0n) is 18.5. The second-order valence-corrected chi connectivity index (χ2v) is 6.83. The maximum Gasteiger partial charge on any atom is 0.337 e. The van der Waals surface area contributed by atoms with Gasteiger partial charge >= 0.3 is 5.97 Å². The number of carbonyl (C=O) groups is 1. The van der Waals surface area contributed by atoms with Gasteiger partial charge in [0.1, 0.15) is 5.52 Å². The highest BCUT2D eigenvalue weighted by atomic mass is 19.1. The van der Waals surface area contributed by atoms with Crippen molar-refractivity contribution in [3.05, 3.63) is 59.7 Å². The average Bonchev–Trinajstić information content (AvgIpc) is 3.24. The molecule has 0 aliphatic rings. The molecule has 2 aromatic carbocycles. The number of aromatic carboxylic acids is 1. The summed E-state index contributed by atoms with van der Waals surface area (Å²) in [6, 6.07) is 3.59. The number of nitrogens with two attached hydrogens (primary N) is 1. The van der Waals surface area contributed by atoms with Gasteiger partial charge in [0, 0.05) is 30.6 Å². The molecule has 4 rings (SSSR count). The first-order valence-electron chi connectivity index (χ1n) is 9.83. The summed E-state index contributed by atoms with van der Waals surface area (Å²) in [4.78, 5) is 26.1. The lowest BCUT2D eigenvalue weighted by Gasteiger charge is -2.14. The number of H-pyrrole nitrogens is 1. The summed E-state index contributed by atoms with van der Waals surface area (Å²) in [5.41, 5.74) is 5.88. The van der Waals surface area contributed by atoms with Crippen LogP contribution in [0, 0.1) is 11.6 Å². The van der Waals surface area contributed by atoms with Crippen molar-refractivity contribution in [1.82, 2.24) is 25.3 Å². The van der Waals surface area contributed by atoms with E-state index in [9.17, 15) is 18.7 Å². The molecule has 0 aliphatic carbocycles. The van der Waals surface area contributed by atoms with Crippen molar-refractivity contribution in [2.45, 2.75) is 6.54 Å². The largest absolute Gasteiger partial charge is 0.494 e. The van der Waals surface area contributed by atoms with Crippen molar-refractivity contribution in [1.29, 1.82) is 0 Å². The highest BCUT2D eigenvalue weighted by molar-refractivity contribution is 6.05. The summed E-state index contributed by atoms with van der Waals surface area (Å²) in [5, 5.41) is 12.2. The van der Waals surface area contributed by atoms with Crippen LogP contribution < -0.4 is 20.5 Å². The van der Waals surface area contributed by atoms with Crippen LogP contribution in [0.4, 0.5) is 14.7 Å². The zero-order valence-corrected chi connectivity index (χ0v) is 18.5. The number of carboxylic acid groups (broad SMARTS) is 1. The first kappa shape index (κ1) is 24.3. The molecule has 34 heavy (non-hydrogen) atoms. The Balaban J connectivity index is 0.000000302. The van der Waals surface area contributed by atoms with E-state index in [4.69, 9.17) is 15.2 Å². The van der Waals surface area contributed by atoms with E-state index in [1.165, 1.54) is 38.7 Å². The minimum absolute atomic E-state index is 0.0214. The number of hydrogen-bond acceptors (Lipinski definition) is 8. The van der Waals surface area contributed by atoms with Gasteiger partial charge in [-0.2, -0.15) is 0 Å². The van der Waals surface area contributed by atoms with Crippen LogP contribution in [-0.4, -0.2) is 52.3 Å². The van der Waals surface area contributed by atoms with E-state index < -0.39 is 23.2 Å². The molecule has 12 heteroatoms. The summed E-state index contributed by atoms with van der Waals surface area (Å²) in [7, 11) is 4.35. The monoisotopic (exact) mass is 472 g/mol. The standard InChI is InChI=1S/C17H12F2N2O4.C5H10N4/c1-24-10-7-11(25-2)14(19)12(13(10)18)8-3-4-9(17(22)23)16-15(8)20-5-6-21-16;1-7-2-4-3-8-5(6)9-4/h3-7H,1-2H3,(H,22,23);3,7H,2H2,1H3,(H3,6,8,9).